The molecule has 1 N–H and O–H groups in total. The van der Waals surface area contributed by atoms with Crippen molar-refractivity contribution in [3.05, 3.63) is 51.7 Å². The molecular weight excluding hydrogens is 332 g/mol. The summed E-state index contributed by atoms with van der Waals surface area (Å²) >= 11 is 0. The zero-order chi connectivity index (χ0) is 17.7. The molecule has 2 aliphatic rings. The van der Waals surface area contributed by atoms with Gasteiger partial charge in [-0.1, -0.05) is 0 Å². The Morgan fingerprint density at radius 1 is 1.27 bits per heavy atom. The maximum absolute atomic E-state index is 12.6. The summed E-state index contributed by atoms with van der Waals surface area (Å²) in [4.78, 5) is 17.0. The van der Waals surface area contributed by atoms with Crippen molar-refractivity contribution in [2.75, 3.05) is 18.5 Å². The minimum absolute atomic E-state index is 0.0527. The third-order valence-corrected chi connectivity index (χ3v) is 5.17. The van der Waals surface area contributed by atoms with Crippen LogP contribution in [0.15, 0.2) is 29.2 Å². The third kappa shape index (κ3) is 2.48. The van der Waals surface area contributed by atoms with Crippen LogP contribution in [0.2, 0.25) is 0 Å². The number of nitrogens with one attached hydrogen (secondary N) is 1. The van der Waals surface area contributed by atoms with Gasteiger partial charge in [-0.25, -0.2) is 9.67 Å². The summed E-state index contributed by atoms with van der Waals surface area (Å²) in [7, 11) is 0. The van der Waals surface area contributed by atoms with Crippen molar-refractivity contribution >= 4 is 11.5 Å². The fraction of sp³-hybridized carbons (Fsp3) is 0.444. The SMILES string of the molecule is Cc1cc(NC2COCC2n2nc3c(cc2=O)CCC3)n2nccc2n1. The quantitative estimate of drug-likeness (QED) is 0.761. The highest BCUT2D eigenvalue weighted by Crippen LogP contribution is 2.24. The molecule has 0 saturated carbocycles. The zero-order valence-corrected chi connectivity index (χ0v) is 14.6. The van der Waals surface area contributed by atoms with Crippen molar-refractivity contribution in [3.8, 4) is 0 Å². The Hall–Kier alpha value is -2.74. The highest BCUT2D eigenvalue weighted by Gasteiger charge is 2.32. The van der Waals surface area contributed by atoms with E-state index in [0.717, 1.165) is 47.7 Å². The van der Waals surface area contributed by atoms with Gasteiger partial charge in [-0.2, -0.15) is 14.7 Å². The lowest BCUT2D eigenvalue weighted by atomic mass is 10.1. The minimum atomic E-state index is -0.146. The molecule has 1 aliphatic heterocycles. The number of aryl methyl sites for hydroxylation is 3. The first-order valence-electron chi connectivity index (χ1n) is 8.96. The second-order valence-corrected chi connectivity index (χ2v) is 6.99. The first-order valence-corrected chi connectivity index (χ1v) is 8.96. The molecule has 5 rings (SSSR count). The Kier molecular flexibility index (Phi) is 3.53. The van der Waals surface area contributed by atoms with Gasteiger partial charge in [0.2, 0.25) is 0 Å². The number of ether oxygens (including phenoxy) is 1. The van der Waals surface area contributed by atoms with Crippen molar-refractivity contribution < 1.29 is 4.74 Å². The van der Waals surface area contributed by atoms with E-state index in [0.29, 0.717) is 13.2 Å². The second kappa shape index (κ2) is 5.91. The fourth-order valence-electron chi connectivity index (χ4n) is 3.91. The molecule has 0 bridgehead atoms. The predicted octanol–water partition coefficient (Wildman–Crippen LogP) is 1.14. The number of fused-ring (bicyclic) bond motifs is 2. The molecule has 0 radical (unpaired) electrons. The van der Waals surface area contributed by atoms with E-state index in [4.69, 9.17) is 4.74 Å². The van der Waals surface area contributed by atoms with Gasteiger partial charge in [-0.15, -0.1) is 0 Å². The number of rotatable bonds is 3. The summed E-state index contributed by atoms with van der Waals surface area (Å²) in [5.41, 5.74) is 3.78. The topological polar surface area (TPSA) is 86.3 Å². The largest absolute Gasteiger partial charge is 0.377 e. The molecule has 2 atom stereocenters. The van der Waals surface area contributed by atoms with Crippen LogP contribution in [0.3, 0.4) is 0 Å². The molecule has 2 unspecified atom stereocenters. The van der Waals surface area contributed by atoms with Crippen molar-refractivity contribution in [1.82, 2.24) is 24.4 Å². The lowest BCUT2D eigenvalue weighted by Crippen LogP contribution is -2.38. The summed E-state index contributed by atoms with van der Waals surface area (Å²) in [6, 6.07) is 5.36. The monoisotopic (exact) mass is 352 g/mol. The van der Waals surface area contributed by atoms with Crippen LogP contribution in [0, 0.1) is 6.92 Å². The van der Waals surface area contributed by atoms with Gasteiger partial charge < -0.3 is 10.1 Å². The van der Waals surface area contributed by atoms with Gasteiger partial charge in [0.1, 0.15) is 11.9 Å². The van der Waals surface area contributed by atoms with E-state index in [1.807, 2.05) is 19.1 Å². The van der Waals surface area contributed by atoms with E-state index in [1.54, 1.807) is 21.5 Å². The smallest absolute Gasteiger partial charge is 0.267 e. The summed E-state index contributed by atoms with van der Waals surface area (Å²) in [6.07, 6.45) is 4.69. The number of nitrogens with zero attached hydrogens (tertiary/aromatic N) is 5. The molecule has 26 heavy (non-hydrogen) atoms. The van der Waals surface area contributed by atoms with Crippen LogP contribution in [-0.2, 0) is 17.6 Å². The van der Waals surface area contributed by atoms with Gasteiger partial charge in [0, 0.05) is 23.9 Å². The van der Waals surface area contributed by atoms with Gasteiger partial charge >= 0.3 is 0 Å². The van der Waals surface area contributed by atoms with Crippen LogP contribution in [0.5, 0.6) is 0 Å². The summed E-state index contributed by atoms with van der Waals surface area (Å²) < 4.78 is 9.05. The molecule has 1 aliphatic carbocycles. The van der Waals surface area contributed by atoms with Gasteiger partial charge in [-0.05, 0) is 31.7 Å². The standard InChI is InChI=1S/C18H20N6O2/c1-11-7-17(24-16(20-11)5-6-19-24)21-14-9-26-10-15(14)23-18(25)8-12-3-2-4-13(12)22-23/h5-8,14-15,21H,2-4,9-10H2,1H3. The van der Waals surface area contributed by atoms with Gasteiger partial charge in [0.15, 0.2) is 5.65 Å². The van der Waals surface area contributed by atoms with Crippen molar-refractivity contribution in [2.24, 2.45) is 0 Å². The molecule has 0 aromatic carbocycles. The fourth-order valence-corrected chi connectivity index (χ4v) is 3.91. The highest BCUT2D eigenvalue weighted by atomic mass is 16.5. The Morgan fingerprint density at radius 2 is 2.19 bits per heavy atom. The van der Waals surface area contributed by atoms with E-state index >= 15 is 0 Å². The van der Waals surface area contributed by atoms with Crippen LogP contribution in [0.25, 0.3) is 5.65 Å². The summed E-state index contributed by atoms with van der Waals surface area (Å²) in [5, 5.41) is 12.5. The van der Waals surface area contributed by atoms with E-state index in [2.05, 4.69) is 20.5 Å². The van der Waals surface area contributed by atoms with Crippen LogP contribution < -0.4 is 10.9 Å². The summed E-state index contributed by atoms with van der Waals surface area (Å²) in [6.45, 7) is 2.93. The van der Waals surface area contributed by atoms with Gasteiger partial charge in [-0.3, -0.25) is 4.79 Å². The van der Waals surface area contributed by atoms with Gasteiger partial charge in [0.05, 0.1) is 31.1 Å². The molecule has 8 heteroatoms. The van der Waals surface area contributed by atoms with E-state index in [-0.39, 0.29) is 17.6 Å². The molecular formula is C18H20N6O2. The lowest BCUT2D eigenvalue weighted by Gasteiger charge is -2.22. The molecule has 3 aromatic heterocycles. The minimum Gasteiger partial charge on any atom is -0.377 e. The highest BCUT2D eigenvalue weighted by molar-refractivity contribution is 5.49. The first kappa shape index (κ1) is 15.5. The second-order valence-electron chi connectivity index (χ2n) is 6.99. The average molecular weight is 352 g/mol. The molecule has 0 amide bonds. The molecule has 134 valence electrons. The van der Waals surface area contributed by atoms with Crippen molar-refractivity contribution in [1.29, 1.82) is 0 Å². The number of anilines is 1. The lowest BCUT2D eigenvalue weighted by molar-refractivity contribution is 0.182. The van der Waals surface area contributed by atoms with Crippen LogP contribution in [0.1, 0.15) is 29.4 Å². The van der Waals surface area contributed by atoms with E-state index < -0.39 is 0 Å². The maximum Gasteiger partial charge on any atom is 0.267 e. The Morgan fingerprint density at radius 3 is 3.12 bits per heavy atom. The molecule has 1 saturated heterocycles. The Bertz CT molecular complexity index is 1040. The zero-order valence-electron chi connectivity index (χ0n) is 14.6. The maximum atomic E-state index is 12.6. The Balaban J connectivity index is 1.50. The summed E-state index contributed by atoms with van der Waals surface area (Å²) in [5.74, 6) is 0.840. The average Bonchev–Trinajstić information content (AvgIpc) is 3.33. The number of aromatic nitrogens is 5. The molecule has 8 nitrogen and oxygen atoms in total. The van der Waals surface area contributed by atoms with Crippen LogP contribution >= 0.6 is 0 Å². The predicted molar refractivity (Wildman–Crippen MR) is 95.5 cm³/mol. The van der Waals surface area contributed by atoms with Crippen LogP contribution in [0.4, 0.5) is 5.82 Å². The molecule has 3 aromatic rings. The molecule has 0 spiro atoms. The van der Waals surface area contributed by atoms with E-state index in [1.165, 1.54) is 0 Å². The third-order valence-electron chi connectivity index (χ3n) is 5.17. The van der Waals surface area contributed by atoms with Crippen LogP contribution in [-0.4, -0.2) is 43.6 Å². The normalized spacial score (nSPS) is 22.0. The van der Waals surface area contributed by atoms with Crippen molar-refractivity contribution in [3.63, 3.8) is 0 Å². The number of hydrogen-bond acceptors (Lipinski definition) is 6. The first-order chi connectivity index (χ1) is 12.7. The molecule has 1 fully saturated rings. The number of hydrogen-bond donors (Lipinski definition) is 1. The van der Waals surface area contributed by atoms with Gasteiger partial charge in [0.25, 0.3) is 5.56 Å². The van der Waals surface area contributed by atoms with E-state index in [9.17, 15) is 4.79 Å². The Labute approximate surface area is 149 Å². The molecule has 4 heterocycles. The van der Waals surface area contributed by atoms with Crippen molar-refractivity contribution in [2.45, 2.75) is 38.3 Å².